The van der Waals surface area contributed by atoms with E-state index in [2.05, 4.69) is 25.4 Å². The summed E-state index contributed by atoms with van der Waals surface area (Å²) in [5.41, 5.74) is 0.582. The molecule has 1 spiro atoms. The lowest BCUT2D eigenvalue weighted by atomic mass is 9.75. The molecule has 11 heteroatoms. The molecule has 1 saturated carbocycles. The summed E-state index contributed by atoms with van der Waals surface area (Å²) in [5, 5.41) is 10.9. The van der Waals surface area contributed by atoms with Crippen molar-refractivity contribution < 1.29 is 22.7 Å². The third-order valence-corrected chi connectivity index (χ3v) is 8.62. The Morgan fingerprint density at radius 2 is 1.97 bits per heavy atom. The van der Waals surface area contributed by atoms with Crippen molar-refractivity contribution in [1.29, 1.82) is 0 Å². The maximum Gasteiger partial charge on any atom is 0.433 e. The zero-order valence-corrected chi connectivity index (χ0v) is 22.0. The summed E-state index contributed by atoms with van der Waals surface area (Å²) in [6.45, 7) is 4.61. The third kappa shape index (κ3) is 5.05. The Hall–Kier alpha value is -3.31. The van der Waals surface area contributed by atoms with Gasteiger partial charge in [0.05, 0.1) is 13.2 Å². The maximum absolute atomic E-state index is 13.8. The van der Waals surface area contributed by atoms with Crippen LogP contribution in [0.3, 0.4) is 0 Å². The lowest BCUT2D eigenvalue weighted by molar-refractivity contribution is -0.141. The average molecular weight is 541 g/mol. The van der Waals surface area contributed by atoms with E-state index < -0.39 is 17.8 Å². The highest BCUT2D eigenvalue weighted by molar-refractivity contribution is 6.03. The Kier molecular flexibility index (Phi) is 6.26. The molecule has 1 N–H and O–H groups in total. The largest absolute Gasteiger partial charge is 0.433 e. The van der Waals surface area contributed by atoms with Crippen LogP contribution in [-0.4, -0.2) is 56.9 Å². The van der Waals surface area contributed by atoms with Gasteiger partial charge < -0.3 is 14.6 Å². The second-order valence-electron chi connectivity index (χ2n) is 11.4. The molecule has 2 aromatic heterocycles. The molecular weight excluding hydrogens is 509 g/mol. The maximum atomic E-state index is 13.8. The number of hydrogen-bond acceptors (Lipinski definition) is 6. The van der Waals surface area contributed by atoms with Crippen LogP contribution in [0.15, 0.2) is 42.7 Å². The van der Waals surface area contributed by atoms with Gasteiger partial charge in [-0.25, -0.2) is 4.98 Å². The molecule has 2 aliphatic heterocycles. The molecule has 3 aromatic rings. The summed E-state index contributed by atoms with van der Waals surface area (Å²) in [6, 6.07) is 9.65. The number of aromatic nitrogens is 4. The molecule has 4 heterocycles. The van der Waals surface area contributed by atoms with E-state index in [0.29, 0.717) is 36.3 Å². The number of halogens is 3. The number of anilines is 1. The van der Waals surface area contributed by atoms with Crippen molar-refractivity contribution in [3.05, 3.63) is 71.1 Å². The summed E-state index contributed by atoms with van der Waals surface area (Å²) >= 11 is 0. The SMILES string of the molecule is C[C@@H](c1cc(C(=O)Nc2cccc(C3(Cc4nncn4C)COC3)c2)nc(C(F)(F)F)c1)N1CCC2(CC2)C1. The predicted molar refractivity (Wildman–Crippen MR) is 137 cm³/mol. The highest BCUT2D eigenvalue weighted by Crippen LogP contribution is 2.54. The van der Waals surface area contributed by atoms with Crippen LogP contribution in [0.5, 0.6) is 0 Å². The highest BCUT2D eigenvalue weighted by Gasteiger charge is 2.48. The van der Waals surface area contributed by atoms with E-state index in [1.165, 1.54) is 18.9 Å². The van der Waals surface area contributed by atoms with Gasteiger partial charge in [-0.3, -0.25) is 9.69 Å². The zero-order valence-electron chi connectivity index (χ0n) is 22.0. The van der Waals surface area contributed by atoms with Gasteiger partial charge in [0.25, 0.3) is 5.91 Å². The average Bonchev–Trinajstić information content (AvgIpc) is 3.31. The van der Waals surface area contributed by atoms with Crippen LogP contribution in [0, 0.1) is 5.41 Å². The second kappa shape index (κ2) is 9.41. The van der Waals surface area contributed by atoms with E-state index in [1.807, 2.05) is 36.7 Å². The fourth-order valence-electron chi connectivity index (χ4n) is 5.76. The summed E-state index contributed by atoms with van der Waals surface area (Å²) in [4.78, 5) is 19.2. The number of hydrogen-bond donors (Lipinski definition) is 1. The monoisotopic (exact) mass is 540 g/mol. The van der Waals surface area contributed by atoms with Crippen molar-refractivity contribution in [2.24, 2.45) is 12.5 Å². The van der Waals surface area contributed by atoms with Gasteiger partial charge in [-0.05, 0) is 73.5 Å². The van der Waals surface area contributed by atoms with E-state index in [9.17, 15) is 18.0 Å². The van der Waals surface area contributed by atoms with Crippen LogP contribution >= 0.6 is 0 Å². The molecule has 2 saturated heterocycles. The van der Waals surface area contributed by atoms with Gasteiger partial charge in [-0.1, -0.05) is 12.1 Å². The van der Waals surface area contributed by atoms with Crippen molar-refractivity contribution in [3.8, 4) is 0 Å². The van der Waals surface area contributed by atoms with Gasteiger partial charge in [0, 0.05) is 37.2 Å². The first-order valence-electron chi connectivity index (χ1n) is 13.2. The van der Waals surface area contributed by atoms with Crippen LogP contribution in [0.4, 0.5) is 18.9 Å². The summed E-state index contributed by atoms with van der Waals surface area (Å²) in [6.07, 6.45) is 1.02. The Morgan fingerprint density at radius 1 is 1.18 bits per heavy atom. The Morgan fingerprint density at radius 3 is 2.59 bits per heavy atom. The quantitative estimate of drug-likeness (QED) is 0.474. The number of ether oxygens (including phenoxy) is 1. The van der Waals surface area contributed by atoms with Crippen LogP contribution in [0.2, 0.25) is 0 Å². The first-order valence-corrected chi connectivity index (χ1v) is 13.2. The van der Waals surface area contributed by atoms with Crippen LogP contribution < -0.4 is 5.32 Å². The van der Waals surface area contributed by atoms with Gasteiger partial charge in [0.2, 0.25) is 0 Å². The predicted octanol–water partition coefficient (Wildman–Crippen LogP) is 4.54. The summed E-state index contributed by atoms with van der Waals surface area (Å²) in [7, 11) is 1.88. The highest BCUT2D eigenvalue weighted by atomic mass is 19.4. The molecule has 0 unspecified atom stereocenters. The first kappa shape index (κ1) is 25.9. The van der Waals surface area contributed by atoms with E-state index in [0.717, 1.165) is 37.0 Å². The minimum atomic E-state index is -4.66. The second-order valence-corrected chi connectivity index (χ2v) is 11.4. The number of nitrogens with one attached hydrogen (secondary N) is 1. The molecule has 0 radical (unpaired) electrons. The lowest BCUT2D eigenvalue weighted by Crippen LogP contribution is -2.49. The first-order chi connectivity index (χ1) is 18.6. The van der Waals surface area contributed by atoms with Gasteiger partial charge in [-0.15, -0.1) is 10.2 Å². The molecule has 206 valence electrons. The topological polar surface area (TPSA) is 85.2 Å². The molecule has 1 aromatic carbocycles. The van der Waals surface area contributed by atoms with E-state index in [4.69, 9.17) is 4.74 Å². The molecule has 1 amide bonds. The number of pyridine rings is 1. The molecule has 1 atom stereocenters. The van der Waals surface area contributed by atoms with Gasteiger partial charge >= 0.3 is 6.18 Å². The number of carbonyl (C=O) groups is 1. The molecule has 0 bridgehead atoms. The number of likely N-dealkylation sites (tertiary alicyclic amines) is 1. The minimum Gasteiger partial charge on any atom is -0.379 e. The molecule has 1 aliphatic carbocycles. The molecular formula is C28H31F3N6O2. The number of benzene rings is 1. The Labute approximate surface area is 224 Å². The summed E-state index contributed by atoms with van der Waals surface area (Å²) < 4.78 is 48.8. The fraction of sp³-hybridized carbons (Fsp3) is 0.500. The van der Waals surface area contributed by atoms with Gasteiger partial charge in [0.1, 0.15) is 23.5 Å². The molecule has 3 fully saturated rings. The Bertz CT molecular complexity index is 1400. The number of nitrogens with zero attached hydrogens (tertiary/aromatic N) is 5. The fourth-order valence-corrected chi connectivity index (χ4v) is 5.76. The lowest BCUT2D eigenvalue weighted by Gasteiger charge is -2.41. The van der Waals surface area contributed by atoms with Crippen molar-refractivity contribution >= 4 is 11.6 Å². The number of rotatable bonds is 7. The van der Waals surface area contributed by atoms with E-state index in [-0.39, 0.29) is 17.2 Å². The van der Waals surface area contributed by atoms with Crippen molar-refractivity contribution in [1.82, 2.24) is 24.6 Å². The van der Waals surface area contributed by atoms with Crippen molar-refractivity contribution in [2.75, 3.05) is 31.6 Å². The molecule has 3 aliphatic rings. The van der Waals surface area contributed by atoms with Crippen LogP contribution in [-0.2, 0) is 29.8 Å². The molecule has 39 heavy (non-hydrogen) atoms. The third-order valence-electron chi connectivity index (χ3n) is 8.62. The number of alkyl halides is 3. The molecule has 6 rings (SSSR count). The van der Waals surface area contributed by atoms with Crippen LogP contribution in [0.1, 0.15) is 65.4 Å². The van der Waals surface area contributed by atoms with E-state index >= 15 is 0 Å². The van der Waals surface area contributed by atoms with Crippen LogP contribution in [0.25, 0.3) is 0 Å². The smallest absolute Gasteiger partial charge is 0.379 e. The molecule has 8 nitrogen and oxygen atoms in total. The zero-order chi connectivity index (χ0) is 27.4. The minimum absolute atomic E-state index is 0.247. The van der Waals surface area contributed by atoms with Crippen molar-refractivity contribution in [3.63, 3.8) is 0 Å². The van der Waals surface area contributed by atoms with E-state index in [1.54, 1.807) is 12.4 Å². The van der Waals surface area contributed by atoms with Gasteiger partial charge in [0.15, 0.2) is 0 Å². The Balaban J connectivity index is 1.24. The number of amides is 1. The number of aryl methyl sites for hydroxylation is 1. The standard InChI is InChI=1S/C28H31F3N6O2/c1-18(37-9-8-26(14-37)6-7-26)19-10-22(34-23(11-19)28(29,30)31)25(38)33-21-5-3-4-20(12-21)27(15-39-16-27)13-24-35-32-17-36(24)2/h3-5,10-12,17-18H,6-9,13-16H2,1-2H3,(H,33,38)/t18-/m0/s1. The summed E-state index contributed by atoms with van der Waals surface area (Å²) in [5.74, 6) is 0.132. The van der Waals surface area contributed by atoms with Crippen molar-refractivity contribution in [2.45, 2.75) is 50.2 Å². The van der Waals surface area contributed by atoms with Gasteiger partial charge in [-0.2, -0.15) is 13.2 Å². The normalized spacial score (nSPS) is 20.5. The number of carbonyl (C=O) groups excluding carboxylic acids is 1.